The van der Waals surface area contributed by atoms with Gasteiger partial charge in [0, 0.05) is 36.9 Å². The molecule has 0 spiro atoms. The molecule has 1 aliphatic heterocycles. The Balaban J connectivity index is 2.28. The molecule has 1 N–H and O–H groups in total. The molecule has 2 atom stereocenters. The fourth-order valence-electron chi connectivity index (χ4n) is 2.20. The Hall–Kier alpha value is -0.890. The Morgan fingerprint density at radius 3 is 2.83 bits per heavy atom. The molecule has 0 aromatic heterocycles. The van der Waals surface area contributed by atoms with Crippen LogP contribution in [0.4, 0.5) is 11.4 Å². The third-order valence-corrected chi connectivity index (χ3v) is 4.09. The number of benzene rings is 1. The van der Waals surface area contributed by atoms with Crippen LogP contribution in [-0.2, 0) is 0 Å². The fraction of sp³-hybridized carbons (Fsp3) is 0.500. The number of rotatable bonds is 2. The van der Waals surface area contributed by atoms with E-state index in [2.05, 4.69) is 24.1 Å². The van der Waals surface area contributed by atoms with Gasteiger partial charge in [-0.15, -0.1) is 0 Å². The molecule has 1 heterocycles. The number of hydrogen-bond donors (Lipinski definition) is 1. The predicted octanol–water partition coefficient (Wildman–Crippen LogP) is 2.39. The molecule has 0 bridgehead atoms. The minimum Gasteiger partial charge on any atom is -0.366 e. The van der Waals surface area contributed by atoms with Crippen LogP contribution in [0.2, 0.25) is 0 Å². The molecule has 6 heteroatoms. The summed E-state index contributed by atoms with van der Waals surface area (Å²) in [6.45, 7) is 6.17. The summed E-state index contributed by atoms with van der Waals surface area (Å²) in [5, 5.41) is 14.2. The van der Waals surface area contributed by atoms with Crippen LogP contribution in [0.25, 0.3) is 0 Å². The first-order valence-electron chi connectivity index (χ1n) is 5.93. The van der Waals surface area contributed by atoms with Crippen LogP contribution < -0.4 is 10.2 Å². The van der Waals surface area contributed by atoms with Crippen molar-refractivity contribution in [3.63, 3.8) is 0 Å². The van der Waals surface area contributed by atoms with Crippen molar-refractivity contribution in [1.29, 1.82) is 0 Å². The van der Waals surface area contributed by atoms with E-state index in [1.165, 1.54) is 0 Å². The third kappa shape index (κ3) is 2.74. The monoisotopic (exact) mass is 361 g/mol. The van der Waals surface area contributed by atoms with Crippen molar-refractivity contribution in [2.24, 2.45) is 0 Å². The smallest absolute Gasteiger partial charge is 0.282 e. The Morgan fingerprint density at radius 1 is 1.50 bits per heavy atom. The summed E-state index contributed by atoms with van der Waals surface area (Å²) in [4.78, 5) is 12.8. The van der Waals surface area contributed by atoms with Crippen molar-refractivity contribution in [2.45, 2.75) is 25.9 Å². The number of anilines is 1. The molecule has 5 nitrogen and oxygen atoms in total. The molecule has 1 aromatic carbocycles. The highest BCUT2D eigenvalue weighted by molar-refractivity contribution is 14.1. The minimum absolute atomic E-state index is 0.176. The normalized spacial score (nSPS) is 24.1. The third-order valence-electron chi connectivity index (χ3n) is 3.22. The van der Waals surface area contributed by atoms with E-state index in [9.17, 15) is 10.1 Å². The second kappa shape index (κ2) is 5.40. The second-order valence-electron chi connectivity index (χ2n) is 4.70. The largest absolute Gasteiger partial charge is 0.366 e. The first-order chi connectivity index (χ1) is 8.49. The average Bonchev–Trinajstić information content (AvgIpc) is 2.31. The van der Waals surface area contributed by atoms with Gasteiger partial charge in [0.1, 0.15) is 0 Å². The van der Waals surface area contributed by atoms with Crippen molar-refractivity contribution in [3.8, 4) is 0 Å². The summed E-state index contributed by atoms with van der Waals surface area (Å²) < 4.78 is 0.688. The highest BCUT2D eigenvalue weighted by atomic mass is 127. The summed E-state index contributed by atoms with van der Waals surface area (Å²) in [7, 11) is 0. The summed E-state index contributed by atoms with van der Waals surface area (Å²) in [5.74, 6) is 0. The van der Waals surface area contributed by atoms with Crippen molar-refractivity contribution in [3.05, 3.63) is 31.9 Å². The lowest BCUT2D eigenvalue weighted by Crippen LogP contribution is -2.54. The molecule has 0 aliphatic carbocycles. The molecule has 2 unspecified atom stereocenters. The van der Waals surface area contributed by atoms with Crippen LogP contribution >= 0.6 is 22.6 Å². The van der Waals surface area contributed by atoms with E-state index in [0.29, 0.717) is 15.7 Å². The molecule has 0 amide bonds. The topological polar surface area (TPSA) is 58.4 Å². The Kier molecular flexibility index (Phi) is 4.06. The van der Waals surface area contributed by atoms with Crippen LogP contribution in [0, 0.1) is 13.7 Å². The van der Waals surface area contributed by atoms with Crippen LogP contribution in [0.3, 0.4) is 0 Å². The molecular weight excluding hydrogens is 345 g/mol. The van der Waals surface area contributed by atoms with Gasteiger partial charge in [0.2, 0.25) is 0 Å². The summed E-state index contributed by atoms with van der Waals surface area (Å²) in [6, 6.07) is 6.17. The zero-order valence-electron chi connectivity index (χ0n) is 10.4. The van der Waals surface area contributed by atoms with E-state index >= 15 is 0 Å². The number of nitro benzene ring substituents is 1. The molecule has 2 rings (SSSR count). The van der Waals surface area contributed by atoms with Gasteiger partial charge in [-0.2, -0.15) is 0 Å². The number of nitrogens with one attached hydrogen (secondary N) is 1. The molecule has 0 radical (unpaired) electrons. The van der Waals surface area contributed by atoms with Crippen molar-refractivity contribution in [1.82, 2.24) is 5.32 Å². The van der Waals surface area contributed by atoms with Crippen molar-refractivity contribution in [2.75, 3.05) is 18.0 Å². The van der Waals surface area contributed by atoms with Crippen molar-refractivity contribution < 1.29 is 4.92 Å². The Labute approximate surface area is 120 Å². The zero-order valence-corrected chi connectivity index (χ0v) is 12.5. The maximum atomic E-state index is 10.8. The van der Waals surface area contributed by atoms with E-state index in [-0.39, 0.29) is 10.6 Å². The van der Waals surface area contributed by atoms with Gasteiger partial charge in [0.25, 0.3) is 5.69 Å². The van der Waals surface area contributed by atoms with Gasteiger partial charge in [-0.1, -0.05) is 0 Å². The summed E-state index contributed by atoms with van der Waals surface area (Å²) in [5.41, 5.74) is 1.24. The Morgan fingerprint density at radius 2 is 2.22 bits per heavy atom. The number of nitrogens with zero attached hydrogens (tertiary/aromatic N) is 2. The van der Waals surface area contributed by atoms with Gasteiger partial charge in [-0.05, 0) is 48.6 Å². The minimum atomic E-state index is -0.338. The molecule has 18 heavy (non-hydrogen) atoms. The summed E-state index contributed by atoms with van der Waals surface area (Å²) >= 11 is 2.03. The molecule has 1 fully saturated rings. The highest BCUT2D eigenvalue weighted by Crippen LogP contribution is 2.28. The standard InChI is InChI=1S/C12H16IN3O2/c1-8-7-15(9(2)6-14-8)10-3-4-12(16(17)18)11(13)5-10/h3-5,8-9,14H,6-7H2,1-2H3. The van der Waals surface area contributed by atoms with E-state index in [1.54, 1.807) is 6.07 Å². The predicted molar refractivity (Wildman–Crippen MR) is 80.1 cm³/mol. The van der Waals surface area contributed by atoms with Crippen LogP contribution in [0.5, 0.6) is 0 Å². The molecule has 1 saturated heterocycles. The molecule has 98 valence electrons. The average molecular weight is 361 g/mol. The highest BCUT2D eigenvalue weighted by Gasteiger charge is 2.23. The van der Waals surface area contributed by atoms with E-state index in [0.717, 1.165) is 18.8 Å². The molecule has 1 aliphatic rings. The molecular formula is C12H16IN3O2. The molecule has 1 aromatic rings. The zero-order chi connectivity index (χ0) is 13.3. The fourth-order valence-corrected chi connectivity index (χ4v) is 2.90. The maximum absolute atomic E-state index is 10.8. The number of nitro groups is 1. The Bertz CT molecular complexity index is 467. The van der Waals surface area contributed by atoms with Crippen molar-refractivity contribution >= 4 is 34.0 Å². The van der Waals surface area contributed by atoms with Crippen LogP contribution in [0.15, 0.2) is 18.2 Å². The van der Waals surface area contributed by atoms with Gasteiger partial charge in [-0.3, -0.25) is 10.1 Å². The second-order valence-corrected chi connectivity index (χ2v) is 5.87. The SMILES string of the molecule is CC1CN(c2ccc([N+](=O)[O-])c(I)c2)C(C)CN1. The maximum Gasteiger partial charge on any atom is 0.282 e. The number of halogens is 1. The van der Waals surface area contributed by atoms with E-state index in [1.807, 2.05) is 34.7 Å². The van der Waals surface area contributed by atoms with Gasteiger partial charge >= 0.3 is 0 Å². The summed E-state index contributed by atoms with van der Waals surface area (Å²) in [6.07, 6.45) is 0. The number of piperazine rings is 1. The lowest BCUT2D eigenvalue weighted by Gasteiger charge is -2.39. The quantitative estimate of drug-likeness (QED) is 0.499. The van der Waals surface area contributed by atoms with Gasteiger partial charge in [0.05, 0.1) is 8.49 Å². The van der Waals surface area contributed by atoms with Gasteiger partial charge < -0.3 is 10.2 Å². The first kappa shape index (κ1) is 13.5. The van der Waals surface area contributed by atoms with E-state index < -0.39 is 0 Å². The lowest BCUT2D eigenvalue weighted by molar-refractivity contribution is -0.385. The van der Waals surface area contributed by atoms with Crippen LogP contribution in [0.1, 0.15) is 13.8 Å². The number of hydrogen-bond acceptors (Lipinski definition) is 4. The lowest BCUT2D eigenvalue weighted by atomic mass is 10.1. The molecule has 0 saturated carbocycles. The van der Waals surface area contributed by atoms with Gasteiger partial charge in [-0.25, -0.2) is 0 Å². The first-order valence-corrected chi connectivity index (χ1v) is 7.01. The van der Waals surface area contributed by atoms with Gasteiger partial charge in [0.15, 0.2) is 0 Å². The van der Waals surface area contributed by atoms with E-state index in [4.69, 9.17) is 0 Å². The van der Waals surface area contributed by atoms with Crippen LogP contribution in [-0.4, -0.2) is 30.1 Å².